The molecule has 100 valence electrons. The van der Waals surface area contributed by atoms with E-state index >= 15 is 0 Å². The molecule has 0 radical (unpaired) electrons. The molecular formula is C14H21NO2S. The Labute approximate surface area is 113 Å². The third-order valence-electron chi connectivity index (χ3n) is 2.58. The lowest BCUT2D eigenvalue weighted by molar-refractivity contribution is -0.142. The van der Waals surface area contributed by atoms with Crippen molar-refractivity contribution in [3.8, 4) is 0 Å². The van der Waals surface area contributed by atoms with Gasteiger partial charge in [-0.3, -0.25) is 4.79 Å². The minimum absolute atomic E-state index is 0.00761. The highest BCUT2D eigenvalue weighted by atomic mass is 32.2. The van der Waals surface area contributed by atoms with E-state index in [2.05, 4.69) is 0 Å². The summed E-state index contributed by atoms with van der Waals surface area (Å²) in [4.78, 5) is 12.8. The number of carbonyl (C=O) groups is 1. The molecule has 0 spiro atoms. The number of carbonyl (C=O) groups excluding carboxylic acids is 1. The first kappa shape index (κ1) is 15.1. The summed E-state index contributed by atoms with van der Waals surface area (Å²) in [5.41, 5.74) is 6.93. The van der Waals surface area contributed by atoms with Gasteiger partial charge in [-0.2, -0.15) is 0 Å². The maximum Gasteiger partial charge on any atom is 0.319 e. The van der Waals surface area contributed by atoms with Crippen LogP contribution in [0.1, 0.15) is 38.8 Å². The van der Waals surface area contributed by atoms with Gasteiger partial charge in [0, 0.05) is 10.9 Å². The van der Waals surface area contributed by atoms with E-state index < -0.39 is 0 Å². The van der Waals surface area contributed by atoms with Crippen LogP contribution in [0.3, 0.4) is 0 Å². The van der Waals surface area contributed by atoms with Crippen LogP contribution in [0.25, 0.3) is 0 Å². The van der Waals surface area contributed by atoms with E-state index in [0.717, 1.165) is 16.9 Å². The smallest absolute Gasteiger partial charge is 0.319 e. The summed E-state index contributed by atoms with van der Waals surface area (Å²) in [7, 11) is 0. The standard InChI is InChI=1S/C14H21NO2S/c1-4-13(14(16)17-5-2)18-12-8-6-7-11(9-12)10(3)15/h6-10,13H,4-5,15H2,1-3H3. The second-order valence-electron chi connectivity index (χ2n) is 4.13. The van der Waals surface area contributed by atoms with Crippen LogP contribution in [0.2, 0.25) is 0 Å². The van der Waals surface area contributed by atoms with Crippen molar-refractivity contribution in [2.45, 2.75) is 43.4 Å². The van der Waals surface area contributed by atoms with Gasteiger partial charge in [-0.15, -0.1) is 11.8 Å². The molecule has 0 aromatic heterocycles. The number of hydrogen-bond acceptors (Lipinski definition) is 4. The Bertz CT molecular complexity index is 393. The van der Waals surface area contributed by atoms with Gasteiger partial charge >= 0.3 is 5.97 Å². The minimum Gasteiger partial charge on any atom is -0.465 e. The van der Waals surface area contributed by atoms with Crippen LogP contribution >= 0.6 is 11.8 Å². The summed E-state index contributed by atoms with van der Waals surface area (Å²) in [5.74, 6) is -0.142. The van der Waals surface area contributed by atoms with Crippen LogP contribution in [0.15, 0.2) is 29.2 Å². The molecule has 0 saturated heterocycles. The first-order chi connectivity index (χ1) is 8.58. The Kier molecular flexibility index (Phi) is 6.22. The molecule has 1 aromatic rings. The summed E-state index contributed by atoms with van der Waals surface area (Å²) in [6.45, 7) is 6.19. The van der Waals surface area contributed by atoms with Gasteiger partial charge in [0.2, 0.25) is 0 Å². The topological polar surface area (TPSA) is 52.3 Å². The van der Waals surface area contributed by atoms with E-state index in [1.165, 1.54) is 11.8 Å². The highest BCUT2D eigenvalue weighted by Crippen LogP contribution is 2.28. The summed E-state index contributed by atoms with van der Waals surface area (Å²) in [6, 6.07) is 8.02. The number of benzene rings is 1. The Morgan fingerprint density at radius 3 is 2.72 bits per heavy atom. The summed E-state index contributed by atoms with van der Waals surface area (Å²) < 4.78 is 5.06. The fourth-order valence-electron chi connectivity index (χ4n) is 1.57. The summed E-state index contributed by atoms with van der Waals surface area (Å²) in [5, 5.41) is -0.145. The predicted octanol–water partition coefficient (Wildman–Crippen LogP) is 3.14. The van der Waals surface area contributed by atoms with Gasteiger partial charge < -0.3 is 10.5 Å². The SMILES string of the molecule is CCOC(=O)C(CC)Sc1cccc(C(C)N)c1. The molecule has 1 aromatic carbocycles. The number of rotatable bonds is 6. The number of ether oxygens (including phenoxy) is 1. The van der Waals surface area contributed by atoms with Gasteiger partial charge in [-0.1, -0.05) is 19.1 Å². The predicted molar refractivity (Wildman–Crippen MR) is 75.6 cm³/mol. The van der Waals surface area contributed by atoms with E-state index in [1.54, 1.807) is 0 Å². The van der Waals surface area contributed by atoms with E-state index in [0.29, 0.717) is 6.61 Å². The summed E-state index contributed by atoms with van der Waals surface area (Å²) in [6.07, 6.45) is 0.756. The molecule has 4 heteroatoms. The van der Waals surface area contributed by atoms with Gasteiger partial charge in [0.1, 0.15) is 5.25 Å². The molecule has 0 aliphatic heterocycles. The summed E-state index contributed by atoms with van der Waals surface area (Å²) >= 11 is 1.54. The van der Waals surface area contributed by atoms with Crippen molar-refractivity contribution >= 4 is 17.7 Å². The lowest BCUT2D eigenvalue weighted by Gasteiger charge is -2.14. The molecule has 0 fully saturated rings. The number of esters is 1. The molecule has 0 aliphatic rings. The average molecular weight is 267 g/mol. The van der Waals surface area contributed by atoms with Crippen LogP contribution in [-0.2, 0) is 9.53 Å². The molecule has 1 rings (SSSR count). The zero-order valence-electron chi connectivity index (χ0n) is 11.2. The molecule has 0 amide bonds. The van der Waals surface area contributed by atoms with Crippen LogP contribution in [0.5, 0.6) is 0 Å². The molecule has 0 heterocycles. The third-order valence-corrected chi connectivity index (χ3v) is 3.92. The van der Waals surface area contributed by atoms with Crippen molar-refractivity contribution < 1.29 is 9.53 Å². The molecule has 18 heavy (non-hydrogen) atoms. The van der Waals surface area contributed by atoms with Gasteiger partial charge in [0.15, 0.2) is 0 Å². The largest absolute Gasteiger partial charge is 0.465 e. The molecular weight excluding hydrogens is 246 g/mol. The Hall–Kier alpha value is -1.00. The van der Waals surface area contributed by atoms with Crippen molar-refractivity contribution in [3.63, 3.8) is 0 Å². The maximum atomic E-state index is 11.7. The number of hydrogen-bond donors (Lipinski definition) is 1. The zero-order valence-corrected chi connectivity index (χ0v) is 12.0. The van der Waals surface area contributed by atoms with Gasteiger partial charge in [-0.25, -0.2) is 0 Å². The normalized spacial score (nSPS) is 14.0. The van der Waals surface area contributed by atoms with Crippen LogP contribution in [0, 0.1) is 0 Å². The van der Waals surface area contributed by atoms with E-state index in [4.69, 9.17) is 10.5 Å². The minimum atomic E-state index is -0.145. The fourth-order valence-corrected chi connectivity index (χ4v) is 2.59. The Morgan fingerprint density at radius 2 is 2.17 bits per heavy atom. The van der Waals surface area contributed by atoms with E-state index in [1.807, 2.05) is 45.0 Å². The molecule has 2 N–H and O–H groups in total. The second kappa shape index (κ2) is 7.44. The molecule has 2 atom stereocenters. The van der Waals surface area contributed by atoms with Gasteiger partial charge in [-0.05, 0) is 38.0 Å². The third kappa shape index (κ3) is 4.35. The Balaban J connectivity index is 2.75. The van der Waals surface area contributed by atoms with Crippen LogP contribution < -0.4 is 5.73 Å². The molecule has 0 bridgehead atoms. The first-order valence-corrected chi connectivity index (χ1v) is 7.15. The second-order valence-corrected chi connectivity index (χ2v) is 5.40. The molecule has 3 nitrogen and oxygen atoms in total. The average Bonchev–Trinajstić information content (AvgIpc) is 2.36. The lowest BCUT2D eigenvalue weighted by Crippen LogP contribution is -2.19. The van der Waals surface area contributed by atoms with Crippen molar-refractivity contribution in [2.24, 2.45) is 5.73 Å². The Morgan fingerprint density at radius 1 is 1.44 bits per heavy atom. The highest BCUT2D eigenvalue weighted by Gasteiger charge is 2.19. The van der Waals surface area contributed by atoms with E-state index in [9.17, 15) is 4.79 Å². The monoisotopic (exact) mass is 267 g/mol. The highest BCUT2D eigenvalue weighted by molar-refractivity contribution is 8.00. The number of thioether (sulfide) groups is 1. The van der Waals surface area contributed by atoms with Gasteiger partial charge in [0.25, 0.3) is 0 Å². The fraction of sp³-hybridized carbons (Fsp3) is 0.500. The quantitative estimate of drug-likeness (QED) is 0.635. The van der Waals surface area contributed by atoms with Crippen molar-refractivity contribution in [1.82, 2.24) is 0 Å². The van der Waals surface area contributed by atoms with Gasteiger partial charge in [0.05, 0.1) is 6.61 Å². The van der Waals surface area contributed by atoms with Crippen LogP contribution in [0.4, 0.5) is 0 Å². The lowest BCUT2D eigenvalue weighted by atomic mass is 10.1. The van der Waals surface area contributed by atoms with Crippen molar-refractivity contribution in [2.75, 3.05) is 6.61 Å². The number of nitrogens with two attached hydrogens (primary N) is 1. The maximum absolute atomic E-state index is 11.7. The van der Waals surface area contributed by atoms with E-state index in [-0.39, 0.29) is 17.3 Å². The zero-order chi connectivity index (χ0) is 13.5. The first-order valence-electron chi connectivity index (χ1n) is 6.27. The van der Waals surface area contributed by atoms with Crippen LogP contribution in [-0.4, -0.2) is 17.8 Å². The molecule has 2 unspecified atom stereocenters. The molecule has 0 saturated carbocycles. The van der Waals surface area contributed by atoms with Crippen molar-refractivity contribution in [3.05, 3.63) is 29.8 Å². The van der Waals surface area contributed by atoms with Crippen molar-refractivity contribution in [1.29, 1.82) is 0 Å². The molecule has 0 aliphatic carbocycles.